The van der Waals surface area contributed by atoms with Gasteiger partial charge < -0.3 is 35.5 Å². The summed E-state index contributed by atoms with van der Waals surface area (Å²) in [6, 6.07) is 19.7. The van der Waals surface area contributed by atoms with Gasteiger partial charge >= 0.3 is 7.82 Å². The smallest absolute Gasteiger partial charge is 0.358 e. The summed E-state index contributed by atoms with van der Waals surface area (Å²) >= 11 is 0. The van der Waals surface area contributed by atoms with E-state index in [-0.39, 0.29) is 24.7 Å². The molecule has 2 unspecified atom stereocenters. The minimum Gasteiger partial charge on any atom is -0.358 e. The molecule has 15 nitrogen and oxygen atoms in total. The molecule has 7 rings (SSSR count). The molecule has 3 aromatic rings. The first-order chi connectivity index (χ1) is 31.4. The number of pyridine rings is 1. The first kappa shape index (κ1) is 48.9. The second-order valence-corrected chi connectivity index (χ2v) is 21.5. The van der Waals surface area contributed by atoms with Crippen molar-refractivity contribution in [3.05, 3.63) is 119 Å². The number of nitrogens with one attached hydrogen (secondary N) is 3. The molecule has 18 heteroatoms. The van der Waals surface area contributed by atoms with Crippen molar-refractivity contribution in [1.82, 2.24) is 25.8 Å². The number of phosphoric acid groups is 1. The van der Waals surface area contributed by atoms with Crippen molar-refractivity contribution < 1.29 is 42.6 Å². The van der Waals surface area contributed by atoms with Gasteiger partial charge in [-0.25, -0.2) is 9.55 Å². The van der Waals surface area contributed by atoms with Crippen LogP contribution in [0.1, 0.15) is 70.9 Å². The molecule has 0 radical (unpaired) electrons. The molecule has 5 N–H and O–H groups in total. The number of rotatable bonds is 19. The molecule has 0 spiro atoms. The van der Waals surface area contributed by atoms with Gasteiger partial charge in [0.05, 0.1) is 23.3 Å². The number of aromatic nitrogens is 1. The van der Waals surface area contributed by atoms with Crippen molar-refractivity contribution in [1.29, 1.82) is 0 Å². The number of benzene rings is 2. The zero-order chi connectivity index (χ0) is 47.4. The number of amides is 3. The Bertz CT molecular complexity index is 2550. The molecule has 3 amide bonds. The second kappa shape index (κ2) is 20.5. The Morgan fingerprint density at radius 3 is 2.41 bits per heavy atom. The van der Waals surface area contributed by atoms with Crippen LogP contribution in [-0.4, -0.2) is 112 Å². The minimum absolute atomic E-state index is 0.113. The zero-order valence-electron chi connectivity index (χ0n) is 38.2. The molecule has 3 aliphatic heterocycles. The normalized spacial score (nSPS) is 20.1. The molecule has 2 atom stereocenters. The van der Waals surface area contributed by atoms with Crippen LogP contribution in [-0.2, 0) is 39.1 Å². The fraction of sp³-hybridized carbons (Fsp3) is 0.417. The number of likely N-dealkylation sites (N-methyl/N-ethyl adjacent to an activating group) is 1. The van der Waals surface area contributed by atoms with Crippen molar-refractivity contribution in [3.8, 4) is 0 Å². The number of unbranched alkanes of at least 4 members (excludes halogenated alkanes) is 1. The number of para-hydroxylation sites is 2. The summed E-state index contributed by atoms with van der Waals surface area (Å²) in [5.74, 6) is -0.786. The fourth-order valence-electron chi connectivity index (χ4n) is 9.30. The lowest BCUT2D eigenvalue weighted by atomic mass is 9.76. The van der Waals surface area contributed by atoms with Crippen LogP contribution in [0.5, 0.6) is 0 Å². The number of carbonyl (C=O) groups is 4. The summed E-state index contributed by atoms with van der Waals surface area (Å²) in [7, 11) is 2.09. The van der Waals surface area contributed by atoms with Gasteiger partial charge in [0.15, 0.2) is 11.5 Å². The van der Waals surface area contributed by atoms with Crippen LogP contribution in [0.25, 0.3) is 0 Å². The van der Waals surface area contributed by atoms with Gasteiger partial charge in [0.25, 0.3) is 0 Å². The lowest BCUT2D eigenvalue weighted by Gasteiger charge is -2.37. The van der Waals surface area contributed by atoms with Gasteiger partial charge in [-0.3, -0.25) is 23.7 Å². The van der Waals surface area contributed by atoms with Crippen LogP contribution in [0.4, 0.5) is 11.4 Å². The van der Waals surface area contributed by atoms with Crippen LogP contribution in [0.2, 0.25) is 0 Å². The molecule has 1 aromatic heterocycles. The number of carbonyl (C=O) groups excluding carboxylic acids is 4. The second-order valence-electron chi connectivity index (χ2n) is 17.8. The van der Waals surface area contributed by atoms with E-state index in [1.807, 2.05) is 73.6 Å². The van der Waals surface area contributed by atoms with Crippen molar-refractivity contribution in [2.24, 2.45) is 0 Å². The predicted octanol–water partition coefficient (Wildman–Crippen LogP) is 6.06. The Hall–Kier alpha value is -5.03. The summed E-state index contributed by atoms with van der Waals surface area (Å²) < 4.78 is 18.7. The maximum absolute atomic E-state index is 14.6. The van der Waals surface area contributed by atoms with Crippen molar-refractivity contribution in [3.63, 3.8) is 0 Å². The van der Waals surface area contributed by atoms with Gasteiger partial charge in [-0.15, -0.1) is 0 Å². The molecule has 4 aliphatic rings. The SMILES string of the molecule is CN1/C(=C/C2=C(N3CCCC3C(=O)NC(COP(=O)(O)O)C(=O)NCCCCC(=O)NCCSSc3ccccn3)C(=C/C3=[N+](C)c4ccccc4C3(C)C)/C2=O)C(C)(C)c2ccccc21. The number of hydrogen-bond acceptors (Lipinski definition) is 11. The maximum atomic E-state index is 14.6. The molecule has 0 bridgehead atoms. The van der Waals surface area contributed by atoms with Crippen molar-refractivity contribution in [2.75, 3.05) is 51.0 Å². The number of allylic oxidation sites excluding steroid dienone is 5. The number of hydrogen-bond donors (Lipinski definition) is 5. The number of likely N-dealkylation sites (tertiary alicyclic amines) is 1. The summed E-state index contributed by atoms with van der Waals surface area (Å²) in [5.41, 5.74) is 6.95. The standard InChI is InChI=1S/C48H58N7O8PS2/c1-47(2)33-16-7-9-18-36(33)53(5)39(47)28-31-43(32(44(31)57)29-40-48(3,4)34-17-8-10-19-37(34)54(40)6)55-26-15-20-38(55)46(59)52-35(30-63-64(60,61)62)45(58)51-24-13-11-21-41(56)49-25-27-65-66-42-22-12-14-23-50-42/h7-10,12,14,16-19,22-23,28-29,35,38H,11,13,15,20-21,24-27,30H2,1-6H3,(H4-,49,51,52,56,58,59,60,61,62)/p+1. The minimum atomic E-state index is -5.02. The van der Waals surface area contributed by atoms with Crippen LogP contribution in [0.3, 0.4) is 0 Å². The fourth-order valence-corrected chi connectivity index (χ4v) is 11.4. The molecule has 2 aromatic carbocycles. The molecule has 1 aliphatic carbocycles. The largest absolute Gasteiger partial charge is 0.469 e. The maximum Gasteiger partial charge on any atom is 0.469 e. The van der Waals surface area contributed by atoms with E-state index in [0.29, 0.717) is 61.4 Å². The van der Waals surface area contributed by atoms with Crippen molar-refractivity contribution in [2.45, 2.75) is 87.7 Å². The first-order valence-electron chi connectivity index (χ1n) is 22.2. The number of Topliss-reactive ketones (excluding diaryl/α,β-unsaturated/α-hetero) is 1. The van der Waals surface area contributed by atoms with E-state index in [4.69, 9.17) is 4.52 Å². The van der Waals surface area contributed by atoms with Gasteiger partial charge in [-0.05, 0) is 80.2 Å². The molecule has 1 saturated heterocycles. The lowest BCUT2D eigenvalue weighted by Crippen LogP contribution is -2.54. The Morgan fingerprint density at radius 1 is 0.970 bits per heavy atom. The molecule has 0 saturated carbocycles. The first-order valence-corrected chi connectivity index (χ1v) is 26.0. The Morgan fingerprint density at radius 2 is 1.70 bits per heavy atom. The van der Waals surface area contributed by atoms with Crippen LogP contribution < -0.4 is 20.9 Å². The topological polar surface area (TPSA) is 194 Å². The Balaban J connectivity index is 1.07. The highest BCUT2D eigenvalue weighted by molar-refractivity contribution is 8.76. The van der Waals surface area contributed by atoms with Gasteiger partial charge in [0.1, 0.15) is 24.2 Å². The van der Waals surface area contributed by atoms with E-state index in [1.165, 1.54) is 10.8 Å². The number of fused-ring (bicyclic) bond motifs is 2. The summed E-state index contributed by atoms with van der Waals surface area (Å²) in [5, 5.41) is 9.24. The lowest BCUT2D eigenvalue weighted by molar-refractivity contribution is -0.401. The molecule has 66 heavy (non-hydrogen) atoms. The highest BCUT2D eigenvalue weighted by Gasteiger charge is 2.49. The summed E-state index contributed by atoms with van der Waals surface area (Å²) in [6.45, 7) is 8.85. The zero-order valence-corrected chi connectivity index (χ0v) is 40.7. The quantitative estimate of drug-likeness (QED) is 0.0306. The van der Waals surface area contributed by atoms with E-state index >= 15 is 0 Å². The number of phosphoric ester groups is 1. The Labute approximate surface area is 394 Å². The third-order valence-corrected chi connectivity index (χ3v) is 15.5. The van der Waals surface area contributed by atoms with Gasteiger partial charge in [0, 0.05) is 85.1 Å². The molecule has 1 fully saturated rings. The van der Waals surface area contributed by atoms with Gasteiger partial charge in [-0.2, -0.15) is 4.58 Å². The van der Waals surface area contributed by atoms with E-state index < -0.39 is 49.2 Å². The highest BCUT2D eigenvalue weighted by Crippen LogP contribution is 2.49. The van der Waals surface area contributed by atoms with E-state index in [2.05, 4.69) is 82.4 Å². The van der Waals surface area contributed by atoms with Crippen molar-refractivity contribution >= 4 is 70.0 Å². The highest BCUT2D eigenvalue weighted by atomic mass is 33.1. The van der Waals surface area contributed by atoms with E-state index in [1.54, 1.807) is 17.0 Å². The number of nitrogens with zero attached hydrogens (tertiary/aromatic N) is 4. The number of anilines is 1. The average Bonchev–Trinajstić information content (AvgIpc) is 3.90. The predicted molar refractivity (Wildman–Crippen MR) is 258 cm³/mol. The van der Waals surface area contributed by atoms with E-state index in [9.17, 15) is 33.5 Å². The van der Waals surface area contributed by atoms with Crippen LogP contribution in [0.15, 0.2) is 113 Å². The molecular weight excluding hydrogens is 898 g/mol. The molecular formula is C48H59N7O8PS2+. The summed E-state index contributed by atoms with van der Waals surface area (Å²) in [4.78, 5) is 82.4. The van der Waals surface area contributed by atoms with E-state index in [0.717, 1.165) is 38.9 Å². The Kier molecular flexibility index (Phi) is 15.2. The van der Waals surface area contributed by atoms with Gasteiger partial charge in [0.2, 0.25) is 23.4 Å². The molecule has 4 heterocycles. The van der Waals surface area contributed by atoms with Crippen LogP contribution in [0, 0.1) is 0 Å². The molecule has 350 valence electrons. The van der Waals surface area contributed by atoms with Gasteiger partial charge in [-0.1, -0.05) is 67.1 Å². The third-order valence-electron chi connectivity index (χ3n) is 12.7. The average molecular weight is 957 g/mol. The number of ketones is 1. The van der Waals surface area contributed by atoms with Crippen LogP contribution >= 0.6 is 29.4 Å². The monoisotopic (exact) mass is 956 g/mol. The summed E-state index contributed by atoms with van der Waals surface area (Å²) in [6.07, 6.45) is 7.82. The third kappa shape index (κ3) is 10.6.